The summed E-state index contributed by atoms with van der Waals surface area (Å²) >= 11 is 0. The van der Waals surface area contributed by atoms with Crippen LogP contribution in [0.3, 0.4) is 0 Å². The predicted octanol–water partition coefficient (Wildman–Crippen LogP) is -0.443. The number of carbonyl (C=O) groups excluding carboxylic acids is 9. The molecule has 2 unspecified atom stereocenters. The second-order valence-electron chi connectivity index (χ2n) is 33.7. The number of rotatable bonds is 40. The molecule has 4 rings (SSSR count). The van der Waals surface area contributed by atoms with Crippen LogP contribution >= 0.6 is 0 Å². The number of carboxylic acid groups (broad SMARTS) is 6. The van der Waals surface area contributed by atoms with E-state index in [2.05, 4.69) is 26.5 Å². The van der Waals surface area contributed by atoms with Crippen molar-refractivity contribution < 1.29 is 126 Å². The van der Waals surface area contributed by atoms with Gasteiger partial charge in [-0.15, -0.1) is 0 Å². The number of carboxylic acids is 6. The summed E-state index contributed by atoms with van der Waals surface area (Å²) in [5.74, 6) is -5.38. The topological polar surface area (TPSA) is 469 Å². The molecular formula is C79H142N14O26. The molecule has 6 N–H and O–H groups in total. The van der Waals surface area contributed by atoms with Gasteiger partial charge in [0.05, 0.1) is 45.8 Å². The molecule has 0 saturated carbocycles. The largest absolute Gasteiger partial charge is 0.480 e. The van der Waals surface area contributed by atoms with Crippen LogP contribution < -0.4 is 0 Å². The zero-order valence-electron chi connectivity index (χ0n) is 73.0. The molecule has 684 valence electrons. The average Bonchev–Trinajstić information content (AvgIpc) is 1.78. The molecule has 4 heterocycles. The van der Waals surface area contributed by atoms with Crippen molar-refractivity contribution in [3.05, 3.63) is 0 Å². The van der Waals surface area contributed by atoms with E-state index in [1.807, 2.05) is 86.8 Å². The number of ketones is 4. The lowest BCUT2D eigenvalue weighted by atomic mass is 9.85. The van der Waals surface area contributed by atoms with Gasteiger partial charge in [-0.2, -0.15) is 0 Å². The Kier molecular flexibility index (Phi) is 54.3. The molecule has 0 aromatic heterocycles. The Bertz CT molecular complexity index is 3070. The highest BCUT2D eigenvalue weighted by Crippen LogP contribution is 2.24. The van der Waals surface area contributed by atoms with Crippen LogP contribution in [0, 0.1) is 21.7 Å². The highest BCUT2D eigenvalue weighted by Gasteiger charge is 2.34. The van der Waals surface area contributed by atoms with E-state index in [9.17, 15) is 92.3 Å². The van der Waals surface area contributed by atoms with Crippen molar-refractivity contribution in [1.29, 1.82) is 0 Å². The summed E-state index contributed by atoms with van der Waals surface area (Å²) in [6.45, 7) is 42.5. The molecular weight excluding hydrogens is 1560 g/mol. The maximum atomic E-state index is 12.6. The van der Waals surface area contributed by atoms with Crippen molar-refractivity contribution in [1.82, 2.24) is 68.6 Å². The number of likely N-dealkylation sites (N-methyl/N-ethyl adjacent to an activating group) is 1. The number of aliphatic carboxylic acids is 6. The first-order valence-corrected chi connectivity index (χ1v) is 40.9. The molecule has 0 radical (unpaired) electrons. The van der Waals surface area contributed by atoms with Gasteiger partial charge < -0.3 is 59.2 Å². The summed E-state index contributed by atoms with van der Waals surface area (Å²) in [6, 6.07) is -0.955. The smallest absolute Gasteiger partial charge is 0.320 e. The van der Waals surface area contributed by atoms with E-state index in [0.29, 0.717) is 189 Å². The quantitative estimate of drug-likeness (QED) is 0.0334. The second kappa shape index (κ2) is 59.1. The molecule has 4 aliphatic heterocycles. The van der Waals surface area contributed by atoms with Gasteiger partial charge in [-0.25, -0.2) is 0 Å². The summed E-state index contributed by atoms with van der Waals surface area (Å²) in [7, 11) is 0. The maximum absolute atomic E-state index is 12.6. The Morgan fingerprint density at radius 3 is 0.773 bits per heavy atom. The van der Waals surface area contributed by atoms with Crippen LogP contribution in [0.4, 0.5) is 0 Å². The summed E-state index contributed by atoms with van der Waals surface area (Å²) < 4.78 is 24.8. The Balaban J connectivity index is 0.000000800. The Hall–Kier alpha value is -7.71. The van der Waals surface area contributed by atoms with Gasteiger partial charge in [0, 0.05) is 224 Å². The summed E-state index contributed by atoms with van der Waals surface area (Å²) in [5, 5.41) is 56.0. The van der Waals surface area contributed by atoms with E-state index in [1.165, 1.54) is 0 Å². The molecule has 2 atom stereocenters. The first-order chi connectivity index (χ1) is 55.9. The third-order valence-electron chi connectivity index (χ3n) is 21.2. The number of Topliss-reactive ketones (excluding diaryl/α,β-unsaturated/α-hetero) is 4. The first-order valence-electron chi connectivity index (χ1n) is 40.9. The van der Waals surface area contributed by atoms with Gasteiger partial charge >= 0.3 is 35.8 Å². The first kappa shape index (κ1) is 109. The lowest BCUT2D eigenvalue weighted by Gasteiger charge is -2.35. The van der Waals surface area contributed by atoms with Crippen molar-refractivity contribution in [2.24, 2.45) is 21.7 Å². The molecule has 40 nitrogen and oxygen atoms in total. The van der Waals surface area contributed by atoms with Crippen LogP contribution in [-0.2, 0) is 95.6 Å². The molecule has 0 spiro atoms. The van der Waals surface area contributed by atoms with Crippen LogP contribution in [0.5, 0.6) is 0 Å². The SMILES string of the molecule is CC(C)(C)C(=O)CCC(C(=O)O)N1CCN(COC=O)CCN(CC(=O)O)CCN(CC(=O)O)CC1.CC(C)(C)C(=O)CCC(OC=O)N1CCN(COC=O)CCN(CC(=O)O)CC1.CCC(C)(C)C(=O)CN1CCN(COC=O)CCN(CC(=O)O)CC1.CCN1CCN(COC=O)CCN(CC(=O)C(C)(C)C)CCN(CC(=O)O)CC1. The summed E-state index contributed by atoms with van der Waals surface area (Å²) in [4.78, 5) is 198. The predicted molar refractivity (Wildman–Crippen MR) is 436 cm³/mol. The van der Waals surface area contributed by atoms with Gasteiger partial charge in [-0.3, -0.25) is 136 Å². The van der Waals surface area contributed by atoms with Crippen molar-refractivity contribution in [2.45, 2.75) is 134 Å². The number of nitrogens with zero attached hydrogens (tertiary/aromatic N) is 14. The summed E-state index contributed by atoms with van der Waals surface area (Å²) in [5.41, 5.74) is -1.85. The van der Waals surface area contributed by atoms with Gasteiger partial charge in [0.15, 0.2) is 17.8 Å². The molecule has 0 aliphatic carbocycles. The van der Waals surface area contributed by atoms with Crippen molar-refractivity contribution in [3.8, 4) is 0 Å². The van der Waals surface area contributed by atoms with Crippen LogP contribution in [-0.4, -0.2) is 465 Å². The van der Waals surface area contributed by atoms with Crippen molar-refractivity contribution in [3.63, 3.8) is 0 Å². The highest BCUT2D eigenvalue weighted by molar-refractivity contribution is 5.87. The fourth-order valence-corrected chi connectivity index (χ4v) is 12.7. The molecule has 119 heavy (non-hydrogen) atoms. The molecule has 0 amide bonds. The minimum absolute atomic E-state index is 0.00207. The van der Waals surface area contributed by atoms with Crippen LogP contribution in [0.1, 0.15) is 122 Å². The fraction of sp³-hybridized carbons (Fsp3) is 0.810. The third-order valence-corrected chi connectivity index (χ3v) is 21.2. The number of hydrogen-bond donors (Lipinski definition) is 6. The van der Waals surface area contributed by atoms with E-state index in [1.54, 1.807) is 45.3 Å². The third kappa shape index (κ3) is 50.3. The minimum atomic E-state index is -1.07. The number of ether oxygens (including phenoxy) is 5. The Morgan fingerprint density at radius 1 is 0.294 bits per heavy atom. The van der Waals surface area contributed by atoms with Crippen LogP contribution in [0.2, 0.25) is 0 Å². The van der Waals surface area contributed by atoms with Crippen molar-refractivity contribution in [2.75, 3.05) is 263 Å². The standard InChI is InChI=1S/C23H40N4O9.C20H38N4O5.C19H33N3O7.C17H31N3O5/c1-23(2,3)19(29)5-4-18(22(34)35)27-12-10-25(15-21(32)33)7-6-24(14-20(30)31)8-9-26(11-13-27)16-36-17-28;1-5-21-6-8-23(15-19(27)28)10-9-22(14-18(26)20(2,3)4)11-13-24(12-7-21)16-29-17-25;1-19(2,3)16(25)4-5-17(29-15-24)22-10-8-20(12-18(26)27)6-7-21(9-11-22)13-28-14-23;1-4-17(2,3)15(22)11-18-5-6-19(12-16(23)24)8-10-20(9-7-18)13-25-14-21/h17-18H,4-16H2,1-3H3,(H,30,31)(H,32,33)(H,34,35);17H,5-16H2,1-4H3,(H,27,28);14-15,17H,4-13H2,1-3H3,(H,26,27);14H,4-13H2,1-3H3,(H,23,24). The number of carbonyl (C=O) groups is 15. The zero-order chi connectivity index (χ0) is 89.9. The lowest BCUT2D eigenvalue weighted by Crippen LogP contribution is -2.51. The molecule has 0 bridgehead atoms. The Morgan fingerprint density at radius 2 is 0.529 bits per heavy atom. The van der Waals surface area contributed by atoms with Crippen LogP contribution in [0.15, 0.2) is 0 Å². The monoisotopic (exact) mass is 1700 g/mol. The molecule has 4 fully saturated rings. The lowest BCUT2D eigenvalue weighted by molar-refractivity contribution is -0.147. The van der Waals surface area contributed by atoms with E-state index >= 15 is 0 Å². The van der Waals surface area contributed by atoms with Crippen LogP contribution in [0.25, 0.3) is 0 Å². The zero-order valence-corrected chi connectivity index (χ0v) is 73.0. The maximum Gasteiger partial charge on any atom is 0.320 e. The highest BCUT2D eigenvalue weighted by atomic mass is 16.6. The van der Waals surface area contributed by atoms with Crippen molar-refractivity contribution >= 4 is 91.3 Å². The number of hydrogen-bond acceptors (Lipinski definition) is 34. The molecule has 4 saturated heterocycles. The molecule has 4 aliphatic rings. The summed E-state index contributed by atoms with van der Waals surface area (Å²) in [6.07, 6.45) is 1.04. The Labute approximate surface area is 702 Å². The molecule has 0 aromatic carbocycles. The molecule has 0 aromatic rings. The van der Waals surface area contributed by atoms with E-state index in [-0.39, 0.29) is 134 Å². The molecule has 40 heteroatoms. The average molecular weight is 1700 g/mol. The van der Waals surface area contributed by atoms with E-state index < -0.39 is 64.3 Å². The van der Waals surface area contributed by atoms with E-state index in [0.717, 1.165) is 32.6 Å². The van der Waals surface area contributed by atoms with Gasteiger partial charge in [0.1, 0.15) is 44.5 Å². The van der Waals surface area contributed by atoms with Gasteiger partial charge in [-0.05, 0) is 19.4 Å². The van der Waals surface area contributed by atoms with E-state index in [4.69, 9.17) is 33.9 Å². The van der Waals surface area contributed by atoms with Gasteiger partial charge in [-0.1, -0.05) is 90.0 Å². The normalized spacial score (nSPS) is 19.1. The fourth-order valence-electron chi connectivity index (χ4n) is 12.7. The van der Waals surface area contributed by atoms with Gasteiger partial charge in [0.25, 0.3) is 32.4 Å². The second-order valence-corrected chi connectivity index (χ2v) is 33.7. The van der Waals surface area contributed by atoms with Gasteiger partial charge in [0.2, 0.25) is 0 Å². The minimum Gasteiger partial charge on any atom is -0.480 e.